The molecular weight excluding hydrogens is 378 g/mol. The predicted octanol–water partition coefficient (Wildman–Crippen LogP) is 5.25. The molecule has 1 amide bonds. The van der Waals surface area contributed by atoms with E-state index in [0.29, 0.717) is 6.54 Å². The van der Waals surface area contributed by atoms with Crippen LogP contribution in [0.2, 0.25) is 0 Å². The molecule has 29 heavy (non-hydrogen) atoms. The average Bonchev–Trinajstić information content (AvgIpc) is 2.79. The van der Waals surface area contributed by atoms with E-state index in [0.717, 1.165) is 34.1 Å². The van der Waals surface area contributed by atoms with Crippen molar-refractivity contribution in [2.24, 2.45) is 4.99 Å². The summed E-state index contributed by atoms with van der Waals surface area (Å²) >= 11 is 1.61. The first-order valence-corrected chi connectivity index (χ1v) is 10.9. The minimum Gasteiger partial charge on any atom is -0.313 e. The first-order valence-electron chi connectivity index (χ1n) is 9.72. The molecule has 0 radical (unpaired) electrons. The van der Waals surface area contributed by atoms with E-state index in [4.69, 9.17) is 4.99 Å². The molecule has 0 aliphatic carbocycles. The lowest BCUT2D eigenvalue weighted by Crippen LogP contribution is -2.52. The number of aliphatic imine (C=N–C) groups is 1. The number of amides is 1. The van der Waals surface area contributed by atoms with Crippen molar-refractivity contribution in [2.45, 2.75) is 12.6 Å². The second kappa shape index (κ2) is 7.41. The molecule has 0 saturated carbocycles. The van der Waals surface area contributed by atoms with Crippen molar-refractivity contribution in [1.29, 1.82) is 0 Å². The lowest BCUT2D eigenvalue weighted by atomic mass is 9.98. The van der Waals surface area contributed by atoms with Crippen LogP contribution < -0.4 is 4.90 Å². The molecule has 0 spiro atoms. The van der Waals surface area contributed by atoms with Crippen LogP contribution in [0.5, 0.6) is 0 Å². The van der Waals surface area contributed by atoms with Crippen LogP contribution in [0.25, 0.3) is 0 Å². The number of fused-ring (bicyclic) bond motifs is 5. The van der Waals surface area contributed by atoms with Crippen molar-refractivity contribution < 1.29 is 4.79 Å². The number of benzene rings is 3. The molecule has 0 N–H and O–H groups in total. The van der Waals surface area contributed by atoms with Crippen LogP contribution in [0, 0.1) is 0 Å². The van der Waals surface area contributed by atoms with Gasteiger partial charge in [0.2, 0.25) is 0 Å². The molecule has 1 unspecified atom stereocenters. The third-order valence-corrected chi connectivity index (χ3v) is 6.15. The molecule has 3 aromatic rings. The summed E-state index contributed by atoms with van der Waals surface area (Å²) in [5.74, 6) is 0.0786. The zero-order valence-corrected chi connectivity index (χ0v) is 17.0. The van der Waals surface area contributed by atoms with Gasteiger partial charge in [-0.2, -0.15) is 0 Å². The Morgan fingerprint density at radius 1 is 0.931 bits per heavy atom. The van der Waals surface area contributed by atoms with E-state index in [1.54, 1.807) is 11.8 Å². The summed E-state index contributed by atoms with van der Waals surface area (Å²) in [6, 6.07) is 26.3. The average molecular weight is 400 g/mol. The lowest BCUT2D eigenvalue weighted by Gasteiger charge is -2.47. The van der Waals surface area contributed by atoms with Gasteiger partial charge in [-0.05, 0) is 36.4 Å². The van der Waals surface area contributed by atoms with Crippen molar-refractivity contribution >= 4 is 34.2 Å². The van der Waals surface area contributed by atoms with E-state index in [2.05, 4.69) is 23.1 Å². The number of hydrogen-bond acceptors (Lipinski definition) is 4. The summed E-state index contributed by atoms with van der Waals surface area (Å²) in [6.45, 7) is 0.647. The van der Waals surface area contributed by atoms with Crippen molar-refractivity contribution in [3.8, 4) is 0 Å². The zero-order chi connectivity index (χ0) is 19.8. The van der Waals surface area contributed by atoms with Crippen LogP contribution in [0.4, 0.5) is 11.4 Å². The predicted molar refractivity (Wildman–Crippen MR) is 120 cm³/mol. The van der Waals surface area contributed by atoms with Crippen molar-refractivity contribution in [3.63, 3.8) is 0 Å². The highest BCUT2D eigenvalue weighted by molar-refractivity contribution is 8.13. The molecule has 2 aliphatic heterocycles. The molecule has 0 fully saturated rings. The van der Waals surface area contributed by atoms with E-state index in [1.165, 1.54) is 5.56 Å². The van der Waals surface area contributed by atoms with Crippen LogP contribution in [0.1, 0.15) is 27.7 Å². The molecule has 0 saturated heterocycles. The van der Waals surface area contributed by atoms with E-state index in [1.807, 2.05) is 71.8 Å². The minimum atomic E-state index is -0.183. The monoisotopic (exact) mass is 399 g/mol. The third kappa shape index (κ3) is 3.02. The number of thioether (sulfide) groups is 1. The highest BCUT2D eigenvalue weighted by atomic mass is 32.2. The highest BCUT2D eigenvalue weighted by Crippen LogP contribution is 2.46. The largest absolute Gasteiger partial charge is 0.313 e. The Morgan fingerprint density at radius 2 is 1.66 bits per heavy atom. The molecule has 5 heteroatoms. The van der Waals surface area contributed by atoms with Gasteiger partial charge in [-0.15, -0.1) is 0 Å². The first kappa shape index (κ1) is 18.0. The zero-order valence-electron chi connectivity index (χ0n) is 16.2. The van der Waals surface area contributed by atoms with Gasteiger partial charge in [0.1, 0.15) is 6.17 Å². The van der Waals surface area contributed by atoms with Crippen molar-refractivity contribution in [2.75, 3.05) is 17.7 Å². The molecule has 4 nitrogen and oxygen atoms in total. The molecule has 5 rings (SSSR count). The summed E-state index contributed by atoms with van der Waals surface area (Å²) in [4.78, 5) is 22.7. The van der Waals surface area contributed by atoms with Crippen LogP contribution in [0.15, 0.2) is 83.9 Å². The van der Waals surface area contributed by atoms with Crippen LogP contribution >= 0.6 is 11.8 Å². The van der Waals surface area contributed by atoms with Gasteiger partial charge < -0.3 is 4.90 Å². The van der Waals surface area contributed by atoms with Gasteiger partial charge in [-0.25, -0.2) is 4.99 Å². The van der Waals surface area contributed by atoms with Crippen molar-refractivity contribution in [3.05, 3.63) is 95.6 Å². The maximum absolute atomic E-state index is 13.6. The quantitative estimate of drug-likeness (QED) is 0.603. The SMILES string of the molecule is CSC1=Nc2ccccc2C2N(CCc3ccccc3)C(=O)c3ccccc3N12. The lowest BCUT2D eigenvalue weighted by molar-refractivity contribution is 0.0666. The van der Waals surface area contributed by atoms with E-state index < -0.39 is 0 Å². The fourth-order valence-electron chi connectivity index (χ4n) is 4.14. The van der Waals surface area contributed by atoms with Gasteiger partial charge in [-0.3, -0.25) is 9.69 Å². The standard InChI is InChI=1S/C24H21N3OS/c1-29-24-25-20-13-7-5-11-18(20)22-26(16-15-17-9-3-2-4-10-17)23(28)19-12-6-8-14-21(19)27(22)24/h2-14,22H,15-16H2,1H3. The fraction of sp³-hybridized carbons (Fsp3) is 0.167. The topological polar surface area (TPSA) is 35.9 Å². The van der Waals surface area contributed by atoms with Gasteiger partial charge in [0, 0.05) is 12.1 Å². The molecule has 3 aromatic carbocycles. The molecule has 0 aromatic heterocycles. The smallest absolute Gasteiger partial charge is 0.257 e. The Morgan fingerprint density at radius 3 is 2.48 bits per heavy atom. The normalized spacial score (nSPS) is 17.3. The molecule has 1 atom stereocenters. The fourth-order valence-corrected chi connectivity index (χ4v) is 4.73. The van der Waals surface area contributed by atoms with E-state index in [9.17, 15) is 4.79 Å². The Hall–Kier alpha value is -3.05. The number of carbonyl (C=O) groups is 1. The second-order valence-electron chi connectivity index (χ2n) is 7.15. The Labute approximate surface area is 174 Å². The number of amidine groups is 1. The third-order valence-electron chi connectivity index (χ3n) is 5.50. The van der Waals surface area contributed by atoms with Crippen LogP contribution in [-0.2, 0) is 6.42 Å². The first-order chi connectivity index (χ1) is 14.3. The maximum Gasteiger partial charge on any atom is 0.257 e. The summed E-state index contributed by atoms with van der Waals surface area (Å²) in [5, 5.41) is 0.915. The Bertz CT molecular complexity index is 1100. The molecule has 2 heterocycles. The number of nitrogens with zero attached hydrogens (tertiary/aromatic N) is 3. The summed E-state index contributed by atoms with van der Waals surface area (Å²) in [6.07, 6.45) is 2.67. The minimum absolute atomic E-state index is 0.0786. The van der Waals surface area contributed by atoms with Gasteiger partial charge in [0.15, 0.2) is 5.17 Å². The summed E-state index contributed by atoms with van der Waals surface area (Å²) in [7, 11) is 0. The van der Waals surface area contributed by atoms with Crippen LogP contribution in [0.3, 0.4) is 0 Å². The number of carbonyl (C=O) groups excluding carboxylic acids is 1. The van der Waals surface area contributed by atoms with Gasteiger partial charge in [0.25, 0.3) is 5.91 Å². The molecule has 144 valence electrons. The molecular formula is C24H21N3OS. The number of hydrogen-bond donors (Lipinski definition) is 0. The maximum atomic E-state index is 13.6. The summed E-state index contributed by atoms with van der Waals surface area (Å²) < 4.78 is 0. The van der Waals surface area contributed by atoms with Gasteiger partial charge >= 0.3 is 0 Å². The van der Waals surface area contributed by atoms with E-state index in [-0.39, 0.29) is 12.1 Å². The Balaban J connectivity index is 1.63. The van der Waals surface area contributed by atoms with Gasteiger partial charge in [-0.1, -0.05) is 72.4 Å². The van der Waals surface area contributed by atoms with E-state index >= 15 is 0 Å². The molecule has 0 bridgehead atoms. The van der Waals surface area contributed by atoms with Crippen LogP contribution in [-0.4, -0.2) is 28.8 Å². The summed E-state index contributed by atoms with van der Waals surface area (Å²) in [5.41, 5.74) is 4.91. The Kier molecular flexibility index (Phi) is 4.60. The highest BCUT2D eigenvalue weighted by Gasteiger charge is 2.43. The number of para-hydroxylation sites is 2. The van der Waals surface area contributed by atoms with Crippen molar-refractivity contribution in [1.82, 2.24) is 4.90 Å². The number of rotatable bonds is 3. The van der Waals surface area contributed by atoms with Gasteiger partial charge in [0.05, 0.1) is 16.9 Å². The molecule has 2 aliphatic rings. The second-order valence-corrected chi connectivity index (χ2v) is 7.93. The number of anilines is 1.